The second kappa shape index (κ2) is 6.36. The Labute approximate surface area is 109 Å². The predicted molar refractivity (Wildman–Crippen MR) is 76.7 cm³/mol. The smallest absolute Gasteiger partial charge is 0.185 e. The van der Waals surface area contributed by atoms with Crippen molar-refractivity contribution in [1.29, 1.82) is 0 Å². The minimum atomic E-state index is 0.525. The van der Waals surface area contributed by atoms with E-state index >= 15 is 0 Å². The van der Waals surface area contributed by atoms with Gasteiger partial charge in [-0.2, -0.15) is 0 Å². The van der Waals surface area contributed by atoms with Gasteiger partial charge in [0.2, 0.25) is 0 Å². The van der Waals surface area contributed by atoms with Crippen molar-refractivity contribution in [1.82, 2.24) is 4.98 Å². The zero-order valence-corrected chi connectivity index (χ0v) is 12.5. The number of rotatable bonds is 6. The first-order valence-electron chi connectivity index (χ1n) is 6.41. The van der Waals surface area contributed by atoms with Gasteiger partial charge in [0.05, 0.1) is 5.69 Å². The van der Waals surface area contributed by atoms with Crippen LogP contribution in [-0.2, 0) is 13.0 Å². The van der Waals surface area contributed by atoms with Crippen LogP contribution >= 0.6 is 11.3 Å². The van der Waals surface area contributed by atoms with Crippen molar-refractivity contribution in [3.05, 3.63) is 10.6 Å². The van der Waals surface area contributed by atoms with Gasteiger partial charge in [0.1, 0.15) is 0 Å². The average molecular weight is 255 g/mol. The molecule has 1 unspecified atom stereocenters. The molecule has 0 aromatic carbocycles. The maximum absolute atomic E-state index is 5.75. The average Bonchev–Trinajstić information content (AvgIpc) is 2.69. The molecule has 0 saturated heterocycles. The fourth-order valence-corrected chi connectivity index (χ4v) is 3.08. The first-order valence-corrected chi connectivity index (χ1v) is 7.22. The molecule has 0 amide bonds. The van der Waals surface area contributed by atoms with Gasteiger partial charge in [0.25, 0.3) is 0 Å². The molecule has 0 aliphatic rings. The molecule has 0 aliphatic carbocycles. The van der Waals surface area contributed by atoms with E-state index in [-0.39, 0.29) is 0 Å². The molecule has 0 radical (unpaired) electrons. The molecule has 1 aromatic rings. The molecule has 1 heterocycles. The van der Waals surface area contributed by atoms with Crippen LogP contribution in [0, 0.1) is 5.92 Å². The Morgan fingerprint density at radius 1 is 1.35 bits per heavy atom. The van der Waals surface area contributed by atoms with E-state index in [1.165, 1.54) is 11.3 Å². The largest absolute Gasteiger partial charge is 0.348 e. The van der Waals surface area contributed by atoms with Crippen molar-refractivity contribution >= 4 is 16.5 Å². The van der Waals surface area contributed by atoms with E-state index < -0.39 is 0 Å². The maximum atomic E-state index is 5.75. The van der Waals surface area contributed by atoms with Crippen LogP contribution in [0.4, 0.5) is 5.13 Å². The van der Waals surface area contributed by atoms with Gasteiger partial charge < -0.3 is 10.6 Å². The molecule has 1 aromatic heterocycles. The van der Waals surface area contributed by atoms with Gasteiger partial charge in [-0.3, -0.25) is 0 Å². The zero-order valence-electron chi connectivity index (χ0n) is 11.7. The molecule has 1 atom stereocenters. The molecule has 0 spiro atoms. The Hall–Kier alpha value is -0.610. The second-order valence-corrected chi connectivity index (χ2v) is 6.08. The van der Waals surface area contributed by atoms with Crippen molar-refractivity contribution < 1.29 is 0 Å². The van der Waals surface area contributed by atoms with E-state index in [0.717, 1.165) is 17.2 Å². The Balaban J connectivity index is 2.81. The van der Waals surface area contributed by atoms with Crippen molar-refractivity contribution in [2.75, 3.05) is 11.9 Å². The Morgan fingerprint density at radius 2 is 2.00 bits per heavy atom. The third-order valence-electron chi connectivity index (χ3n) is 3.06. The molecule has 0 fully saturated rings. The number of thiazole rings is 1. The number of aryl methyl sites for hydroxylation is 1. The van der Waals surface area contributed by atoms with Crippen LogP contribution in [-0.4, -0.2) is 18.1 Å². The second-order valence-electron chi connectivity index (χ2n) is 5.01. The van der Waals surface area contributed by atoms with Gasteiger partial charge in [0.15, 0.2) is 5.13 Å². The minimum absolute atomic E-state index is 0.525. The Bertz CT molecular complexity index is 325. The summed E-state index contributed by atoms with van der Waals surface area (Å²) in [5, 5.41) is 1.11. The van der Waals surface area contributed by atoms with Crippen molar-refractivity contribution in [3.8, 4) is 0 Å². The predicted octanol–water partition coefficient (Wildman–Crippen LogP) is 3.04. The SMILES string of the molecule is CCc1nc(N(C)C(C)CC(C)C)sc1CN. The molecule has 4 heteroatoms. The van der Waals surface area contributed by atoms with E-state index in [4.69, 9.17) is 10.7 Å². The normalized spacial score (nSPS) is 13.1. The molecule has 1 rings (SSSR count). The van der Waals surface area contributed by atoms with Gasteiger partial charge in [-0.05, 0) is 25.7 Å². The third-order valence-corrected chi connectivity index (χ3v) is 4.27. The highest BCUT2D eigenvalue weighted by Gasteiger charge is 2.17. The van der Waals surface area contributed by atoms with Crippen LogP contribution in [0.25, 0.3) is 0 Å². The summed E-state index contributed by atoms with van der Waals surface area (Å²) >= 11 is 1.74. The molecule has 0 aliphatic heterocycles. The fraction of sp³-hybridized carbons (Fsp3) is 0.769. The van der Waals surface area contributed by atoms with Crippen LogP contribution in [0.5, 0.6) is 0 Å². The van der Waals surface area contributed by atoms with E-state index in [9.17, 15) is 0 Å². The summed E-state index contributed by atoms with van der Waals surface area (Å²) in [6.07, 6.45) is 2.16. The third kappa shape index (κ3) is 3.68. The highest BCUT2D eigenvalue weighted by molar-refractivity contribution is 7.15. The van der Waals surface area contributed by atoms with Crippen LogP contribution < -0.4 is 10.6 Å². The standard InChI is InChI=1S/C13H25N3S/c1-6-11-12(8-14)17-13(15-11)16(5)10(4)7-9(2)3/h9-10H,6-8,14H2,1-5H3. The summed E-state index contributed by atoms with van der Waals surface area (Å²) in [5.41, 5.74) is 6.91. The molecule has 0 bridgehead atoms. The molecule has 17 heavy (non-hydrogen) atoms. The lowest BCUT2D eigenvalue weighted by Crippen LogP contribution is -2.29. The summed E-state index contributed by atoms with van der Waals surface area (Å²) in [6.45, 7) is 9.52. The summed E-state index contributed by atoms with van der Waals surface area (Å²) in [7, 11) is 2.13. The Morgan fingerprint density at radius 3 is 2.41 bits per heavy atom. The molecular formula is C13H25N3S. The quantitative estimate of drug-likeness (QED) is 0.849. The minimum Gasteiger partial charge on any atom is -0.348 e. The van der Waals surface area contributed by atoms with Gasteiger partial charge in [0, 0.05) is 24.5 Å². The number of aromatic nitrogens is 1. The zero-order chi connectivity index (χ0) is 13.0. The molecule has 0 saturated carbocycles. The highest BCUT2D eigenvalue weighted by Crippen LogP contribution is 2.28. The number of hydrogen-bond donors (Lipinski definition) is 1. The fourth-order valence-electron chi connectivity index (χ4n) is 1.99. The van der Waals surface area contributed by atoms with Crippen LogP contribution in [0.2, 0.25) is 0 Å². The molecule has 2 N–H and O–H groups in total. The van der Waals surface area contributed by atoms with Gasteiger partial charge >= 0.3 is 0 Å². The summed E-state index contributed by atoms with van der Waals surface area (Å²) in [5.74, 6) is 0.715. The van der Waals surface area contributed by atoms with Crippen LogP contribution in [0.15, 0.2) is 0 Å². The Kier molecular flexibility index (Phi) is 5.40. The topological polar surface area (TPSA) is 42.2 Å². The molecule has 3 nitrogen and oxygen atoms in total. The lowest BCUT2D eigenvalue weighted by Gasteiger charge is -2.25. The van der Waals surface area contributed by atoms with Crippen molar-refractivity contribution in [2.45, 2.75) is 53.1 Å². The van der Waals surface area contributed by atoms with Crippen LogP contribution in [0.3, 0.4) is 0 Å². The lowest BCUT2D eigenvalue weighted by molar-refractivity contribution is 0.503. The number of hydrogen-bond acceptors (Lipinski definition) is 4. The summed E-state index contributed by atoms with van der Waals surface area (Å²) in [6, 6.07) is 0.525. The summed E-state index contributed by atoms with van der Waals surface area (Å²) in [4.78, 5) is 8.20. The van der Waals surface area contributed by atoms with E-state index in [1.54, 1.807) is 11.3 Å². The molecule has 98 valence electrons. The first-order chi connectivity index (χ1) is 7.99. The first kappa shape index (κ1) is 14.5. The van der Waals surface area contributed by atoms with E-state index in [2.05, 4.69) is 39.6 Å². The van der Waals surface area contributed by atoms with Gasteiger partial charge in [-0.15, -0.1) is 11.3 Å². The van der Waals surface area contributed by atoms with Crippen molar-refractivity contribution in [3.63, 3.8) is 0 Å². The highest BCUT2D eigenvalue weighted by atomic mass is 32.1. The van der Waals surface area contributed by atoms with E-state index in [1.807, 2.05) is 0 Å². The lowest BCUT2D eigenvalue weighted by atomic mass is 10.0. The maximum Gasteiger partial charge on any atom is 0.185 e. The number of nitrogens with zero attached hydrogens (tertiary/aromatic N) is 2. The van der Waals surface area contributed by atoms with Gasteiger partial charge in [-0.25, -0.2) is 4.98 Å². The van der Waals surface area contributed by atoms with Crippen molar-refractivity contribution in [2.24, 2.45) is 11.7 Å². The van der Waals surface area contributed by atoms with Crippen LogP contribution in [0.1, 0.15) is 44.7 Å². The van der Waals surface area contributed by atoms with Gasteiger partial charge in [-0.1, -0.05) is 20.8 Å². The monoisotopic (exact) mass is 255 g/mol. The number of nitrogens with two attached hydrogens (primary N) is 1. The molecular weight excluding hydrogens is 230 g/mol. The summed E-state index contributed by atoms with van der Waals surface area (Å²) < 4.78 is 0. The number of anilines is 1. The van der Waals surface area contributed by atoms with E-state index in [0.29, 0.717) is 18.5 Å².